The molecule has 13 heavy (non-hydrogen) atoms. The minimum atomic E-state index is -4.03. The van der Waals surface area contributed by atoms with Crippen LogP contribution in [0.3, 0.4) is 0 Å². The van der Waals surface area contributed by atoms with Crippen LogP contribution in [0.4, 0.5) is 8.78 Å². The highest BCUT2D eigenvalue weighted by Gasteiger charge is 2.37. The van der Waals surface area contributed by atoms with Gasteiger partial charge in [-0.1, -0.05) is 0 Å². The first-order chi connectivity index (χ1) is 6.04. The molecule has 1 amide bonds. The zero-order valence-corrected chi connectivity index (χ0v) is 7.26. The number of azide groups is 1. The monoisotopic (exact) mass is 212 g/mol. The number of carbonyl (C=O) groups excluding carboxylic acids is 1. The van der Waals surface area contributed by atoms with E-state index in [0.717, 1.165) is 0 Å². The van der Waals surface area contributed by atoms with Crippen LogP contribution in [0.2, 0.25) is 0 Å². The predicted octanol–water partition coefficient (Wildman–Crippen LogP) is 1.63. The minimum absolute atomic E-state index is 0.0267. The average molecular weight is 213 g/mol. The topological polar surface area (TPSA) is 77.9 Å². The molecule has 74 valence electrons. The second kappa shape index (κ2) is 5.55. The fourth-order valence-corrected chi connectivity index (χ4v) is 0.610. The molecule has 0 fully saturated rings. The summed E-state index contributed by atoms with van der Waals surface area (Å²) >= 11 is 5.24. The van der Waals surface area contributed by atoms with Gasteiger partial charge in [0.15, 0.2) is 0 Å². The molecule has 0 saturated carbocycles. The van der Waals surface area contributed by atoms with Crippen molar-refractivity contribution in [3.8, 4) is 0 Å². The third-order valence-corrected chi connectivity index (χ3v) is 1.31. The number of nitrogens with zero attached hydrogens (tertiary/aromatic N) is 3. The summed E-state index contributed by atoms with van der Waals surface area (Å²) in [6.07, 6.45) is 0.375. The highest BCUT2D eigenvalue weighted by molar-refractivity contribution is 6.17. The summed E-state index contributed by atoms with van der Waals surface area (Å²) in [7, 11) is 0. The van der Waals surface area contributed by atoms with Gasteiger partial charge in [-0.05, 0) is 17.1 Å². The normalized spacial score (nSPS) is 10.4. The van der Waals surface area contributed by atoms with Crippen LogP contribution < -0.4 is 5.32 Å². The first-order valence-electron chi connectivity index (χ1n) is 3.33. The number of amides is 1. The summed E-state index contributed by atoms with van der Waals surface area (Å²) < 4.78 is 24.8. The highest BCUT2D eigenvalue weighted by atomic mass is 35.5. The van der Waals surface area contributed by atoms with E-state index >= 15 is 0 Å². The van der Waals surface area contributed by atoms with E-state index in [1.807, 2.05) is 15.3 Å². The Balaban J connectivity index is 4.02. The predicted molar refractivity (Wildman–Crippen MR) is 42.4 cm³/mol. The molecule has 0 radical (unpaired) electrons. The van der Waals surface area contributed by atoms with Crippen molar-refractivity contribution in [1.29, 1.82) is 0 Å². The van der Waals surface area contributed by atoms with Gasteiger partial charge in [0, 0.05) is 17.3 Å². The highest BCUT2D eigenvalue weighted by Crippen LogP contribution is 2.14. The van der Waals surface area contributed by atoms with Gasteiger partial charge in [-0.15, -0.1) is 11.6 Å². The van der Waals surface area contributed by atoms with Crippen LogP contribution in [-0.4, -0.2) is 24.4 Å². The lowest BCUT2D eigenvalue weighted by Crippen LogP contribution is -2.38. The maximum absolute atomic E-state index is 12.4. The van der Waals surface area contributed by atoms with E-state index in [-0.39, 0.29) is 12.4 Å². The lowest BCUT2D eigenvalue weighted by atomic mass is 10.4. The fraction of sp³-hybridized carbons (Fsp3) is 0.800. The number of hydrogen-bond donors (Lipinski definition) is 1. The fourth-order valence-electron chi connectivity index (χ4n) is 0.477. The summed E-state index contributed by atoms with van der Waals surface area (Å²) in [5.41, 5.74) is 7.70. The molecule has 0 aliphatic carbocycles. The molecule has 0 rings (SSSR count). The van der Waals surface area contributed by atoms with Crippen molar-refractivity contribution in [2.75, 3.05) is 12.4 Å². The standard InChI is InChI=1S/C5H7ClF2N4O/c6-2-1-3-10-4(13)5(7,8)11-12-9/h1-3H2,(H,10,13). The van der Waals surface area contributed by atoms with E-state index in [9.17, 15) is 13.6 Å². The number of rotatable bonds is 5. The Hall–Kier alpha value is -1.07. The van der Waals surface area contributed by atoms with Gasteiger partial charge in [-0.2, -0.15) is 8.78 Å². The molecule has 8 heteroatoms. The molecule has 0 spiro atoms. The van der Waals surface area contributed by atoms with Gasteiger partial charge < -0.3 is 5.32 Å². The molecule has 0 aromatic heterocycles. The summed E-state index contributed by atoms with van der Waals surface area (Å²) in [4.78, 5) is 12.4. The van der Waals surface area contributed by atoms with E-state index in [4.69, 9.17) is 17.1 Å². The largest absolute Gasteiger partial charge is 0.401 e. The Labute approximate surface area is 77.7 Å². The first-order valence-corrected chi connectivity index (χ1v) is 3.86. The van der Waals surface area contributed by atoms with E-state index in [1.165, 1.54) is 0 Å². The minimum Gasteiger partial charge on any atom is -0.351 e. The van der Waals surface area contributed by atoms with Gasteiger partial charge >= 0.3 is 6.05 Å². The molecule has 0 aromatic carbocycles. The molecule has 0 bridgehead atoms. The SMILES string of the molecule is [N-]=[N+]=NC(F)(F)C(=O)NCCCCl. The zero-order valence-electron chi connectivity index (χ0n) is 6.51. The van der Waals surface area contributed by atoms with Crippen molar-refractivity contribution >= 4 is 17.5 Å². The van der Waals surface area contributed by atoms with Gasteiger partial charge in [0.05, 0.1) is 0 Å². The molecule has 1 N–H and O–H groups in total. The quantitative estimate of drug-likeness (QED) is 0.184. The summed E-state index contributed by atoms with van der Waals surface area (Å²) in [5.74, 6) is -1.36. The smallest absolute Gasteiger partial charge is 0.351 e. The maximum Gasteiger partial charge on any atom is 0.401 e. The first kappa shape index (κ1) is 11.9. The second-order valence-electron chi connectivity index (χ2n) is 2.03. The number of carbonyl (C=O) groups is 1. The lowest BCUT2D eigenvalue weighted by Gasteiger charge is -2.09. The molecule has 0 saturated heterocycles. The van der Waals surface area contributed by atoms with Crippen molar-refractivity contribution < 1.29 is 13.6 Å². The Morgan fingerprint density at radius 3 is 2.77 bits per heavy atom. The number of nitrogens with one attached hydrogen (secondary N) is 1. The van der Waals surface area contributed by atoms with Gasteiger partial charge in [0.2, 0.25) is 0 Å². The molecule has 0 aliphatic heterocycles. The Morgan fingerprint density at radius 2 is 2.31 bits per heavy atom. The van der Waals surface area contributed by atoms with Crippen LogP contribution in [0.1, 0.15) is 6.42 Å². The van der Waals surface area contributed by atoms with Gasteiger partial charge in [0.25, 0.3) is 5.91 Å². The Bertz CT molecular complexity index is 229. The van der Waals surface area contributed by atoms with E-state index in [1.54, 1.807) is 0 Å². The molecule has 0 heterocycles. The van der Waals surface area contributed by atoms with E-state index in [0.29, 0.717) is 6.42 Å². The van der Waals surface area contributed by atoms with Crippen molar-refractivity contribution in [3.63, 3.8) is 0 Å². The van der Waals surface area contributed by atoms with Crippen LogP contribution in [0.5, 0.6) is 0 Å². The number of halogens is 3. The van der Waals surface area contributed by atoms with Crippen LogP contribution in [-0.2, 0) is 4.79 Å². The van der Waals surface area contributed by atoms with E-state index in [2.05, 4.69) is 0 Å². The molecule has 0 aromatic rings. The molecular weight excluding hydrogens is 206 g/mol. The van der Waals surface area contributed by atoms with Crippen LogP contribution in [0.15, 0.2) is 5.11 Å². The molecular formula is C5H7ClF2N4O. The van der Waals surface area contributed by atoms with Crippen LogP contribution in [0, 0.1) is 0 Å². The third-order valence-electron chi connectivity index (χ3n) is 1.04. The summed E-state index contributed by atoms with van der Waals surface area (Å²) in [6.45, 7) is 0.0267. The van der Waals surface area contributed by atoms with Gasteiger partial charge in [-0.3, -0.25) is 4.79 Å². The van der Waals surface area contributed by atoms with E-state index < -0.39 is 12.0 Å². The Morgan fingerprint density at radius 1 is 1.69 bits per heavy atom. The molecule has 0 unspecified atom stereocenters. The number of alkyl halides is 3. The molecule has 0 aliphatic rings. The van der Waals surface area contributed by atoms with Crippen LogP contribution in [0.25, 0.3) is 10.4 Å². The molecule has 5 nitrogen and oxygen atoms in total. The maximum atomic E-state index is 12.4. The van der Waals surface area contributed by atoms with Crippen molar-refractivity contribution in [3.05, 3.63) is 10.4 Å². The van der Waals surface area contributed by atoms with Crippen molar-refractivity contribution in [2.24, 2.45) is 5.11 Å². The third kappa shape index (κ3) is 4.49. The second-order valence-corrected chi connectivity index (χ2v) is 2.41. The zero-order chi connectivity index (χ0) is 10.3. The Kier molecular flexibility index (Phi) is 5.10. The van der Waals surface area contributed by atoms with Crippen LogP contribution >= 0.6 is 11.6 Å². The average Bonchev–Trinajstić information content (AvgIpc) is 2.04. The lowest BCUT2D eigenvalue weighted by molar-refractivity contribution is -0.144. The summed E-state index contributed by atoms with van der Waals surface area (Å²) in [5, 5.41) is 3.91. The van der Waals surface area contributed by atoms with Gasteiger partial charge in [-0.25, -0.2) is 0 Å². The molecule has 0 atom stereocenters. The van der Waals surface area contributed by atoms with Crippen molar-refractivity contribution in [2.45, 2.75) is 12.5 Å². The van der Waals surface area contributed by atoms with Gasteiger partial charge in [0.1, 0.15) is 0 Å². The summed E-state index contributed by atoms with van der Waals surface area (Å²) in [6, 6.07) is -4.03. The number of hydrogen-bond acceptors (Lipinski definition) is 2. The van der Waals surface area contributed by atoms with Crippen molar-refractivity contribution in [1.82, 2.24) is 5.32 Å².